The molecule has 0 radical (unpaired) electrons. The lowest BCUT2D eigenvalue weighted by Gasteiger charge is -2.05. The van der Waals surface area contributed by atoms with Crippen molar-refractivity contribution in [2.75, 3.05) is 5.32 Å². The molecule has 0 aliphatic carbocycles. The number of nitrogens with one attached hydrogen (secondary N) is 1. The summed E-state index contributed by atoms with van der Waals surface area (Å²) in [5, 5.41) is 3.94. The second-order valence-electron chi connectivity index (χ2n) is 4.16. The van der Waals surface area contributed by atoms with E-state index in [1.165, 1.54) is 17.4 Å². The number of nitrogens with zero attached hydrogens (tertiary/aromatic N) is 1. The van der Waals surface area contributed by atoms with Crippen molar-refractivity contribution in [3.8, 4) is 0 Å². The largest absolute Gasteiger partial charge is 0.328 e. The first kappa shape index (κ1) is 12.4. The minimum Gasteiger partial charge on any atom is -0.328 e. The first-order valence-corrected chi connectivity index (χ1v) is 6.92. The summed E-state index contributed by atoms with van der Waals surface area (Å²) < 4.78 is 14.8. The van der Waals surface area contributed by atoms with Crippen LogP contribution in [0.3, 0.4) is 0 Å². The van der Waals surface area contributed by atoms with Crippen LogP contribution in [0, 0.1) is 12.7 Å². The van der Waals surface area contributed by atoms with Gasteiger partial charge in [-0.3, -0.25) is 0 Å². The molecule has 3 aromatic rings. The predicted octanol–water partition coefficient (Wildman–Crippen LogP) is 5.14. The fraction of sp³-hybridized carbons (Fsp3) is 0.0714. The Bertz CT molecular complexity index is 734. The normalized spacial score (nSPS) is 10.9. The van der Waals surface area contributed by atoms with Crippen LogP contribution in [-0.4, -0.2) is 4.98 Å². The van der Waals surface area contributed by atoms with Crippen LogP contribution in [0.15, 0.2) is 36.4 Å². The molecule has 0 spiro atoms. The van der Waals surface area contributed by atoms with Gasteiger partial charge in [0, 0.05) is 0 Å². The molecule has 1 heterocycles. The minimum atomic E-state index is -0.386. The summed E-state index contributed by atoms with van der Waals surface area (Å²) in [5.41, 5.74) is 2.30. The van der Waals surface area contributed by atoms with Crippen LogP contribution >= 0.6 is 22.9 Å². The van der Waals surface area contributed by atoms with E-state index in [0.717, 1.165) is 15.8 Å². The maximum absolute atomic E-state index is 13.7. The van der Waals surface area contributed by atoms with E-state index in [9.17, 15) is 4.39 Å². The number of aryl methyl sites for hydroxylation is 1. The van der Waals surface area contributed by atoms with Gasteiger partial charge in [0.2, 0.25) is 0 Å². The van der Waals surface area contributed by atoms with Gasteiger partial charge in [0.15, 0.2) is 5.13 Å². The molecule has 0 saturated heterocycles. The number of fused-ring (bicyclic) bond motifs is 1. The van der Waals surface area contributed by atoms with Gasteiger partial charge in [-0.2, -0.15) is 0 Å². The quantitative estimate of drug-likeness (QED) is 0.707. The van der Waals surface area contributed by atoms with E-state index >= 15 is 0 Å². The molecule has 19 heavy (non-hydrogen) atoms. The molecular weight excluding hydrogens is 283 g/mol. The molecule has 5 heteroatoms. The second kappa shape index (κ2) is 4.79. The SMILES string of the molecule is Cc1cccc2sc(Nc3c(F)cccc3Cl)nc12. The number of para-hydroxylation sites is 2. The number of thiazole rings is 1. The van der Waals surface area contributed by atoms with Crippen LogP contribution in [0.1, 0.15) is 5.56 Å². The third-order valence-electron chi connectivity index (χ3n) is 2.82. The lowest BCUT2D eigenvalue weighted by molar-refractivity contribution is 0.632. The van der Waals surface area contributed by atoms with Gasteiger partial charge in [0.05, 0.1) is 20.9 Å². The smallest absolute Gasteiger partial charge is 0.188 e. The Hall–Kier alpha value is -1.65. The Kier molecular flexibility index (Phi) is 3.12. The van der Waals surface area contributed by atoms with Crippen LogP contribution in [0.5, 0.6) is 0 Å². The van der Waals surface area contributed by atoms with E-state index in [0.29, 0.717) is 10.2 Å². The van der Waals surface area contributed by atoms with Crippen LogP contribution in [0.25, 0.3) is 10.2 Å². The molecule has 0 saturated carbocycles. The van der Waals surface area contributed by atoms with Crippen molar-refractivity contribution < 1.29 is 4.39 Å². The minimum absolute atomic E-state index is 0.265. The number of aromatic nitrogens is 1. The van der Waals surface area contributed by atoms with Gasteiger partial charge in [-0.1, -0.05) is 41.1 Å². The molecule has 0 bridgehead atoms. The molecule has 0 unspecified atom stereocenters. The summed E-state index contributed by atoms with van der Waals surface area (Å²) in [5.74, 6) is -0.386. The summed E-state index contributed by atoms with van der Waals surface area (Å²) in [7, 11) is 0. The Balaban J connectivity index is 2.04. The number of benzene rings is 2. The van der Waals surface area contributed by atoms with Gasteiger partial charge in [0.1, 0.15) is 5.82 Å². The molecule has 96 valence electrons. The first-order valence-electron chi connectivity index (χ1n) is 5.72. The zero-order valence-corrected chi connectivity index (χ0v) is 11.6. The van der Waals surface area contributed by atoms with E-state index in [1.807, 2.05) is 25.1 Å². The highest BCUT2D eigenvalue weighted by atomic mass is 35.5. The highest BCUT2D eigenvalue weighted by molar-refractivity contribution is 7.22. The molecular formula is C14H10ClFN2S. The topological polar surface area (TPSA) is 24.9 Å². The molecule has 1 N–H and O–H groups in total. The fourth-order valence-electron chi connectivity index (χ4n) is 1.86. The van der Waals surface area contributed by atoms with Gasteiger partial charge in [-0.15, -0.1) is 0 Å². The van der Waals surface area contributed by atoms with Crippen molar-refractivity contribution in [3.05, 3.63) is 52.8 Å². The highest BCUT2D eigenvalue weighted by Gasteiger charge is 2.10. The first-order chi connectivity index (χ1) is 9.15. The lowest BCUT2D eigenvalue weighted by atomic mass is 10.2. The maximum Gasteiger partial charge on any atom is 0.188 e. The Labute approximate surface area is 118 Å². The van der Waals surface area contributed by atoms with Gasteiger partial charge in [-0.25, -0.2) is 9.37 Å². The highest BCUT2D eigenvalue weighted by Crippen LogP contribution is 2.33. The molecule has 0 fully saturated rings. The van der Waals surface area contributed by atoms with E-state index < -0.39 is 0 Å². The summed E-state index contributed by atoms with van der Waals surface area (Å²) in [6.45, 7) is 2.00. The average Bonchev–Trinajstić information content (AvgIpc) is 2.78. The van der Waals surface area contributed by atoms with Gasteiger partial charge < -0.3 is 5.32 Å². The monoisotopic (exact) mass is 292 g/mol. The van der Waals surface area contributed by atoms with E-state index in [4.69, 9.17) is 11.6 Å². The Morgan fingerprint density at radius 3 is 2.74 bits per heavy atom. The van der Waals surface area contributed by atoms with Crippen LogP contribution in [-0.2, 0) is 0 Å². The van der Waals surface area contributed by atoms with Crippen LogP contribution < -0.4 is 5.32 Å². The summed E-state index contributed by atoms with van der Waals surface area (Å²) >= 11 is 7.46. The lowest BCUT2D eigenvalue weighted by Crippen LogP contribution is -1.93. The average molecular weight is 293 g/mol. The molecule has 1 aromatic heterocycles. The molecule has 0 aliphatic heterocycles. The fourth-order valence-corrected chi connectivity index (χ4v) is 3.02. The summed E-state index contributed by atoms with van der Waals surface area (Å²) in [4.78, 5) is 4.47. The number of anilines is 2. The number of halogens is 2. The Morgan fingerprint density at radius 2 is 2.00 bits per heavy atom. The molecule has 2 nitrogen and oxygen atoms in total. The van der Waals surface area contributed by atoms with Gasteiger partial charge in [0.25, 0.3) is 0 Å². The third-order valence-corrected chi connectivity index (χ3v) is 4.07. The zero-order chi connectivity index (χ0) is 13.4. The number of rotatable bonds is 2. The Morgan fingerprint density at radius 1 is 1.21 bits per heavy atom. The standard InChI is InChI=1S/C14H10ClFN2S/c1-8-4-2-7-11-12(8)17-14(19-11)18-13-9(15)5-3-6-10(13)16/h2-7H,1H3,(H,17,18). The zero-order valence-electron chi connectivity index (χ0n) is 10.1. The van der Waals surface area contributed by atoms with Crippen molar-refractivity contribution in [1.82, 2.24) is 4.98 Å². The van der Waals surface area contributed by atoms with Gasteiger partial charge >= 0.3 is 0 Å². The summed E-state index contributed by atoms with van der Waals surface area (Å²) in [6.07, 6.45) is 0. The third kappa shape index (κ3) is 2.29. The molecule has 0 amide bonds. The van der Waals surface area contributed by atoms with Gasteiger partial charge in [-0.05, 0) is 30.7 Å². The summed E-state index contributed by atoms with van der Waals surface area (Å²) in [6, 6.07) is 10.6. The number of hydrogen-bond donors (Lipinski definition) is 1. The van der Waals surface area contributed by atoms with Crippen molar-refractivity contribution >= 4 is 44.0 Å². The number of hydrogen-bond acceptors (Lipinski definition) is 3. The maximum atomic E-state index is 13.7. The van der Waals surface area contributed by atoms with E-state index in [-0.39, 0.29) is 11.5 Å². The van der Waals surface area contributed by atoms with Crippen LogP contribution in [0.4, 0.5) is 15.2 Å². The second-order valence-corrected chi connectivity index (χ2v) is 5.60. The molecule has 0 aliphatic rings. The van der Waals surface area contributed by atoms with Crippen molar-refractivity contribution in [1.29, 1.82) is 0 Å². The van der Waals surface area contributed by atoms with Crippen molar-refractivity contribution in [2.24, 2.45) is 0 Å². The van der Waals surface area contributed by atoms with Crippen molar-refractivity contribution in [2.45, 2.75) is 6.92 Å². The van der Waals surface area contributed by atoms with Crippen LogP contribution in [0.2, 0.25) is 5.02 Å². The van der Waals surface area contributed by atoms with Crippen molar-refractivity contribution in [3.63, 3.8) is 0 Å². The van der Waals surface area contributed by atoms with E-state index in [1.54, 1.807) is 12.1 Å². The molecule has 2 aromatic carbocycles. The predicted molar refractivity (Wildman–Crippen MR) is 79.0 cm³/mol. The molecule has 0 atom stereocenters. The molecule has 3 rings (SSSR count). The van der Waals surface area contributed by atoms with E-state index in [2.05, 4.69) is 10.3 Å².